The SMILES string of the molecule is CNc1nc(Sc2ccccn2)c(Cl)cc1Cl. The van der Waals surface area contributed by atoms with Gasteiger partial charge in [-0.1, -0.05) is 29.3 Å². The van der Waals surface area contributed by atoms with Gasteiger partial charge in [-0.3, -0.25) is 0 Å². The Bertz CT molecular complexity index is 520. The van der Waals surface area contributed by atoms with Crippen LogP contribution < -0.4 is 5.32 Å². The molecule has 0 spiro atoms. The van der Waals surface area contributed by atoms with Gasteiger partial charge in [-0.15, -0.1) is 0 Å². The van der Waals surface area contributed by atoms with Crippen LogP contribution in [0, 0.1) is 0 Å². The van der Waals surface area contributed by atoms with Gasteiger partial charge in [0.15, 0.2) is 0 Å². The molecule has 0 amide bonds. The molecule has 88 valence electrons. The van der Waals surface area contributed by atoms with E-state index >= 15 is 0 Å². The first kappa shape index (κ1) is 12.5. The Labute approximate surface area is 114 Å². The van der Waals surface area contributed by atoms with Gasteiger partial charge >= 0.3 is 0 Å². The van der Waals surface area contributed by atoms with Crippen LogP contribution >= 0.6 is 35.0 Å². The third-order valence-corrected chi connectivity index (χ3v) is 3.62. The van der Waals surface area contributed by atoms with E-state index in [1.165, 1.54) is 11.8 Å². The Morgan fingerprint density at radius 3 is 2.71 bits per heavy atom. The standard InChI is InChI=1S/C11H9Cl2N3S/c1-14-10-7(12)6-8(13)11(16-10)17-9-4-2-3-5-15-9/h2-6H,1H3,(H,14,16). The van der Waals surface area contributed by atoms with E-state index in [1.54, 1.807) is 19.3 Å². The fourth-order valence-corrected chi connectivity index (χ4v) is 2.52. The summed E-state index contributed by atoms with van der Waals surface area (Å²) in [7, 11) is 1.76. The predicted molar refractivity (Wildman–Crippen MR) is 72.2 cm³/mol. The first-order valence-electron chi connectivity index (χ1n) is 4.83. The van der Waals surface area contributed by atoms with Gasteiger partial charge in [-0.05, 0) is 30.0 Å². The monoisotopic (exact) mass is 285 g/mol. The highest BCUT2D eigenvalue weighted by molar-refractivity contribution is 7.99. The zero-order valence-corrected chi connectivity index (χ0v) is 11.3. The summed E-state index contributed by atoms with van der Waals surface area (Å²) in [4.78, 5) is 8.54. The molecule has 0 fully saturated rings. The number of nitrogens with one attached hydrogen (secondary N) is 1. The van der Waals surface area contributed by atoms with Crippen LogP contribution in [0.2, 0.25) is 10.0 Å². The normalized spacial score (nSPS) is 10.3. The van der Waals surface area contributed by atoms with Crippen molar-refractivity contribution in [3.05, 3.63) is 40.5 Å². The maximum absolute atomic E-state index is 6.09. The molecule has 2 heterocycles. The van der Waals surface area contributed by atoms with Crippen molar-refractivity contribution in [3.63, 3.8) is 0 Å². The molecule has 2 aromatic heterocycles. The smallest absolute Gasteiger partial charge is 0.146 e. The third kappa shape index (κ3) is 3.03. The minimum absolute atomic E-state index is 0.503. The number of hydrogen-bond donors (Lipinski definition) is 1. The van der Waals surface area contributed by atoms with Gasteiger partial charge in [0.05, 0.1) is 10.0 Å². The summed E-state index contributed by atoms with van der Waals surface area (Å²) in [6.45, 7) is 0. The van der Waals surface area contributed by atoms with Crippen molar-refractivity contribution in [2.75, 3.05) is 12.4 Å². The second-order valence-corrected chi connectivity index (χ2v) is 4.95. The van der Waals surface area contributed by atoms with Crippen LogP contribution in [0.5, 0.6) is 0 Å². The van der Waals surface area contributed by atoms with Gasteiger partial charge in [0.1, 0.15) is 15.9 Å². The van der Waals surface area contributed by atoms with E-state index in [1.807, 2.05) is 18.2 Å². The maximum atomic E-state index is 6.09. The lowest BCUT2D eigenvalue weighted by Gasteiger charge is -2.07. The van der Waals surface area contributed by atoms with Crippen LogP contribution in [-0.4, -0.2) is 17.0 Å². The average Bonchev–Trinajstić information content (AvgIpc) is 2.34. The summed E-state index contributed by atoms with van der Waals surface area (Å²) in [5, 5.41) is 5.45. The summed E-state index contributed by atoms with van der Waals surface area (Å²) in [5.41, 5.74) is 0. The highest BCUT2D eigenvalue weighted by atomic mass is 35.5. The van der Waals surface area contributed by atoms with Gasteiger partial charge in [0.25, 0.3) is 0 Å². The molecule has 17 heavy (non-hydrogen) atoms. The molecule has 0 aliphatic carbocycles. The van der Waals surface area contributed by atoms with Gasteiger partial charge in [-0.2, -0.15) is 0 Å². The molecular formula is C11H9Cl2N3S. The molecule has 0 atom stereocenters. The first-order chi connectivity index (χ1) is 8.20. The van der Waals surface area contributed by atoms with Crippen LogP contribution in [0.25, 0.3) is 0 Å². The van der Waals surface area contributed by atoms with Crippen LogP contribution in [-0.2, 0) is 0 Å². The summed E-state index contributed by atoms with van der Waals surface area (Å²) >= 11 is 13.5. The van der Waals surface area contributed by atoms with E-state index < -0.39 is 0 Å². The molecule has 1 N–H and O–H groups in total. The van der Waals surface area contributed by atoms with Crippen LogP contribution in [0.1, 0.15) is 0 Å². The maximum Gasteiger partial charge on any atom is 0.146 e. The third-order valence-electron chi connectivity index (χ3n) is 1.97. The van der Waals surface area contributed by atoms with Crippen molar-refractivity contribution in [1.29, 1.82) is 0 Å². The van der Waals surface area contributed by atoms with E-state index in [0.717, 1.165) is 5.03 Å². The molecule has 0 radical (unpaired) electrons. The van der Waals surface area contributed by atoms with E-state index in [4.69, 9.17) is 23.2 Å². The zero-order valence-electron chi connectivity index (χ0n) is 8.95. The topological polar surface area (TPSA) is 37.8 Å². The number of hydrogen-bond acceptors (Lipinski definition) is 4. The molecule has 2 rings (SSSR count). The molecule has 2 aromatic rings. The number of halogens is 2. The van der Waals surface area contributed by atoms with Crippen LogP contribution in [0.4, 0.5) is 5.82 Å². The van der Waals surface area contributed by atoms with Crippen molar-refractivity contribution in [3.8, 4) is 0 Å². The Morgan fingerprint density at radius 1 is 1.24 bits per heavy atom. The summed E-state index contributed by atoms with van der Waals surface area (Å²) in [6.07, 6.45) is 1.73. The number of pyridine rings is 2. The zero-order chi connectivity index (χ0) is 12.3. The molecule has 6 heteroatoms. The van der Waals surface area contributed by atoms with Crippen molar-refractivity contribution < 1.29 is 0 Å². The highest BCUT2D eigenvalue weighted by Crippen LogP contribution is 2.34. The lowest BCUT2D eigenvalue weighted by Crippen LogP contribution is -1.95. The van der Waals surface area contributed by atoms with E-state index in [2.05, 4.69) is 15.3 Å². The minimum Gasteiger partial charge on any atom is -0.372 e. The van der Waals surface area contributed by atoms with Crippen LogP contribution in [0.3, 0.4) is 0 Å². The van der Waals surface area contributed by atoms with Crippen molar-refractivity contribution in [2.24, 2.45) is 0 Å². The second kappa shape index (κ2) is 5.58. The summed E-state index contributed by atoms with van der Waals surface area (Å²) < 4.78 is 0. The van der Waals surface area contributed by atoms with E-state index in [-0.39, 0.29) is 0 Å². The molecular weight excluding hydrogens is 277 g/mol. The minimum atomic E-state index is 0.503. The predicted octanol–water partition coefficient (Wildman–Crippen LogP) is 3.98. The molecule has 0 aromatic carbocycles. The molecule has 0 aliphatic rings. The summed E-state index contributed by atoms with van der Waals surface area (Å²) in [6, 6.07) is 7.35. The first-order valence-corrected chi connectivity index (χ1v) is 6.40. The van der Waals surface area contributed by atoms with Crippen molar-refractivity contribution in [2.45, 2.75) is 10.1 Å². The molecule has 0 unspecified atom stereocenters. The molecule has 3 nitrogen and oxygen atoms in total. The number of nitrogens with zero attached hydrogens (tertiary/aromatic N) is 2. The molecule has 0 bridgehead atoms. The second-order valence-electron chi connectivity index (χ2n) is 3.13. The quantitative estimate of drug-likeness (QED) is 0.926. The highest BCUT2D eigenvalue weighted by Gasteiger charge is 2.10. The Kier molecular flexibility index (Phi) is 4.10. The molecule has 0 saturated carbocycles. The van der Waals surface area contributed by atoms with E-state index in [0.29, 0.717) is 20.9 Å². The van der Waals surface area contributed by atoms with Crippen LogP contribution in [0.15, 0.2) is 40.5 Å². The number of anilines is 1. The van der Waals surface area contributed by atoms with Gasteiger partial charge < -0.3 is 5.32 Å². The summed E-state index contributed by atoms with van der Waals surface area (Å²) in [5.74, 6) is 0.606. The Balaban J connectivity index is 2.33. The fraction of sp³-hybridized carbons (Fsp3) is 0.0909. The van der Waals surface area contributed by atoms with E-state index in [9.17, 15) is 0 Å². The average molecular weight is 286 g/mol. The molecule has 0 aliphatic heterocycles. The van der Waals surface area contributed by atoms with Gasteiger partial charge in [0.2, 0.25) is 0 Å². The Morgan fingerprint density at radius 2 is 2.06 bits per heavy atom. The van der Waals surface area contributed by atoms with Gasteiger partial charge in [-0.25, -0.2) is 9.97 Å². The fourth-order valence-electron chi connectivity index (χ4n) is 1.20. The molecule has 0 saturated heterocycles. The van der Waals surface area contributed by atoms with Crippen molar-refractivity contribution in [1.82, 2.24) is 9.97 Å². The lowest BCUT2D eigenvalue weighted by atomic mass is 10.4. The number of aromatic nitrogens is 2. The Hall–Kier alpha value is -0.970. The van der Waals surface area contributed by atoms with Gasteiger partial charge in [0, 0.05) is 13.2 Å². The van der Waals surface area contributed by atoms with Crippen molar-refractivity contribution >= 4 is 40.8 Å². The largest absolute Gasteiger partial charge is 0.372 e. The number of rotatable bonds is 3. The lowest BCUT2D eigenvalue weighted by molar-refractivity contribution is 1.09.